The number of rotatable bonds is 5. The third-order valence-electron chi connectivity index (χ3n) is 1.78. The first-order chi connectivity index (χ1) is 5.07. The molecule has 3 nitrogen and oxygen atoms in total. The Labute approximate surface area is 67.7 Å². The quantitative estimate of drug-likeness (QED) is 0.539. The normalized spacial score (nSPS) is 16.9. The van der Waals surface area contributed by atoms with Gasteiger partial charge >= 0.3 is 0 Å². The lowest BCUT2D eigenvalue weighted by molar-refractivity contribution is 0.0564. The van der Waals surface area contributed by atoms with Crippen LogP contribution in [0.15, 0.2) is 0 Å². The van der Waals surface area contributed by atoms with Gasteiger partial charge in [-0.15, -0.1) is 0 Å². The second kappa shape index (κ2) is 5.52. The molecule has 0 radical (unpaired) electrons. The van der Waals surface area contributed by atoms with Gasteiger partial charge in [0.15, 0.2) is 0 Å². The number of hydrogen-bond acceptors (Lipinski definition) is 3. The van der Waals surface area contributed by atoms with Crippen molar-refractivity contribution in [2.75, 3.05) is 6.61 Å². The minimum absolute atomic E-state index is 0.217. The molecule has 0 aliphatic carbocycles. The van der Waals surface area contributed by atoms with Crippen LogP contribution in [0.4, 0.5) is 0 Å². The summed E-state index contributed by atoms with van der Waals surface area (Å²) in [4.78, 5) is 0. The van der Waals surface area contributed by atoms with E-state index in [1.807, 2.05) is 13.8 Å². The molecule has 68 valence electrons. The smallest absolute Gasteiger partial charge is 0.0771 e. The van der Waals surface area contributed by atoms with Gasteiger partial charge in [-0.3, -0.25) is 0 Å². The average molecular weight is 162 g/mol. The summed E-state index contributed by atoms with van der Waals surface area (Å²) in [5, 5.41) is 26.7. The molecule has 0 rings (SSSR count). The Kier molecular flexibility index (Phi) is 5.46. The molecule has 0 aliphatic heterocycles. The molecule has 2 atom stereocenters. The molecule has 3 N–H and O–H groups in total. The molecule has 0 saturated carbocycles. The van der Waals surface area contributed by atoms with Gasteiger partial charge in [0, 0.05) is 0 Å². The highest BCUT2D eigenvalue weighted by Crippen LogP contribution is 2.09. The highest BCUT2D eigenvalue weighted by molar-refractivity contribution is 4.62. The van der Waals surface area contributed by atoms with Gasteiger partial charge in [0.1, 0.15) is 0 Å². The molecule has 0 aromatic carbocycles. The first-order valence-corrected chi connectivity index (χ1v) is 4.05. The van der Waals surface area contributed by atoms with E-state index < -0.39 is 6.10 Å². The van der Waals surface area contributed by atoms with E-state index in [1.54, 1.807) is 0 Å². The molecular formula is C8H18O3. The van der Waals surface area contributed by atoms with E-state index in [9.17, 15) is 5.11 Å². The molecule has 11 heavy (non-hydrogen) atoms. The van der Waals surface area contributed by atoms with E-state index >= 15 is 0 Å². The Morgan fingerprint density at radius 1 is 1.09 bits per heavy atom. The van der Waals surface area contributed by atoms with Crippen molar-refractivity contribution in [2.24, 2.45) is 5.92 Å². The van der Waals surface area contributed by atoms with E-state index in [1.165, 1.54) is 0 Å². The zero-order valence-electron chi connectivity index (χ0n) is 7.20. The fourth-order valence-electron chi connectivity index (χ4n) is 0.788. The van der Waals surface area contributed by atoms with Crippen LogP contribution in [-0.4, -0.2) is 34.1 Å². The third-order valence-corrected chi connectivity index (χ3v) is 1.78. The standard InChI is InChI=1S/C8H18O3/c1-6(2)8(11)4-3-7(10)5-9/h6-11H,3-5H2,1-2H3. The molecule has 0 spiro atoms. The number of aliphatic hydroxyl groups is 3. The molecule has 0 amide bonds. The van der Waals surface area contributed by atoms with Crippen LogP contribution in [0.3, 0.4) is 0 Å². The molecule has 0 aromatic rings. The number of aliphatic hydroxyl groups excluding tert-OH is 3. The Bertz CT molecular complexity index is 93.3. The molecular weight excluding hydrogens is 144 g/mol. The van der Waals surface area contributed by atoms with Crippen molar-refractivity contribution in [3.63, 3.8) is 0 Å². The summed E-state index contributed by atoms with van der Waals surface area (Å²) in [7, 11) is 0. The van der Waals surface area contributed by atoms with Crippen LogP contribution in [0.25, 0.3) is 0 Å². The van der Waals surface area contributed by atoms with Crippen LogP contribution in [-0.2, 0) is 0 Å². The van der Waals surface area contributed by atoms with Crippen LogP contribution in [0.5, 0.6) is 0 Å². The van der Waals surface area contributed by atoms with Crippen LogP contribution >= 0.6 is 0 Å². The summed E-state index contributed by atoms with van der Waals surface area (Å²) in [5.41, 5.74) is 0. The summed E-state index contributed by atoms with van der Waals surface area (Å²) in [6.45, 7) is 3.64. The van der Waals surface area contributed by atoms with E-state index in [0.717, 1.165) is 0 Å². The summed E-state index contributed by atoms with van der Waals surface area (Å²) in [5.74, 6) is 0.223. The molecule has 2 unspecified atom stereocenters. The van der Waals surface area contributed by atoms with Crippen molar-refractivity contribution in [3.05, 3.63) is 0 Å². The van der Waals surface area contributed by atoms with Gasteiger partial charge in [-0.05, 0) is 18.8 Å². The highest BCUT2D eigenvalue weighted by Gasteiger charge is 2.11. The van der Waals surface area contributed by atoms with Crippen LogP contribution in [0, 0.1) is 5.92 Å². The Balaban J connectivity index is 3.37. The predicted octanol–water partition coefficient (Wildman–Crippen LogP) is 0.137. The topological polar surface area (TPSA) is 60.7 Å². The summed E-state index contributed by atoms with van der Waals surface area (Å²) in [6, 6.07) is 0. The van der Waals surface area contributed by atoms with E-state index in [2.05, 4.69) is 0 Å². The van der Waals surface area contributed by atoms with E-state index in [-0.39, 0.29) is 18.6 Å². The molecule has 0 aromatic heterocycles. The highest BCUT2D eigenvalue weighted by atomic mass is 16.3. The van der Waals surface area contributed by atoms with E-state index in [0.29, 0.717) is 12.8 Å². The van der Waals surface area contributed by atoms with Gasteiger partial charge in [0.25, 0.3) is 0 Å². The maximum Gasteiger partial charge on any atom is 0.0771 e. The minimum Gasteiger partial charge on any atom is -0.394 e. The van der Waals surface area contributed by atoms with Gasteiger partial charge in [0.2, 0.25) is 0 Å². The van der Waals surface area contributed by atoms with Gasteiger partial charge in [-0.25, -0.2) is 0 Å². The van der Waals surface area contributed by atoms with Crippen molar-refractivity contribution < 1.29 is 15.3 Å². The predicted molar refractivity (Wildman–Crippen MR) is 43.2 cm³/mol. The van der Waals surface area contributed by atoms with Crippen molar-refractivity contribution in [1.82, 2.24) is 0 Å². The van der Waals surface area contributed by atoms with Crippen LogP contribution in [0.1, 0.15) is 26.7 Å². The van der Waals surface area contributed by atoms with Crippen molar-refractivity contribution in [3.8, 4) is 0 Å². The second-order valence-corrected chi connectivity index (χ2v) is 3.23. The zero-order chi connectivity index (χ0) is 8.85. The Hall–Kier alpha value is -0.120. The van der Waals surface area contributed by atoms with E-state index in [4.69, 9.17) is 10.2 Å². The lowest BCUT2D eigenvalue weighted by Crippen LogP contribution is -2.19. The minimum atomic E-state index is -0.677. The first kappa shape index (κ1) is 10.9. The lowest BCUT2D eigenvalue weighted by Gasteiger charge is -2.15. The lowest BCUT2D eigenvalue weighted by atomic mass is 10.0. The van der Waals surface area contributed by atoms with Gasteiger partial charge < -0.3 is 15.3 Å². The van der Waals surface area contributed by atoms with Crippen molar-refractivity contribution >= 4 is 0 Å². The largest absolute Gasteiger partial charge is 0.394 e. The summed E-state index contributed by atoms with van der Waals surface area (Å²) >= 11 is 0. The average Bonchev–Trinajstić information content (AvgIpc) is 1.99. The molecule has 0 aliphatic rings. The number of hydrogen-bond donors (Lipinski definition) is 3. The van der Waals surface area contributed by atoms with Crippen molar-refractivity contribution in [1.29, 1.82) is 0 Å². The van der Waals surface area contributed by atoms with Crippen LogP contribution < -0.4 is 0 Å². The SMILES string of the molecule is CC(C)C(O)CCC(O)CO. The summed E-state index contributed by atoms with van der Waals surface area (Å²) in [6.07, 6.45) is -0.0190. The Morgan fingerprint density at radius 2 is 1.64 bits per heavy atom. The fraction of sp³-hybridized carbons (Fsp3) is 1.00. The molecule has 3 heteroatoms. The molecule has 0 bridgehead atoms. The van der Waals surface area contributed by atoms with Gasteiger partial charge in [-0.1, -0.05) is 13.8 Å². The first-order valence-electron chi connectivity index (χ1n) is 4.05. The zero-order valence-corrected chi connectivity index (χ0v) is 7.20. The van der Waals surface area contributed by atoms with Gasteiger partial charge in [0.05, 0.1) is 18.8 Å². The Morgan fingerprint density at radius 3 is 2.00 bits per heavy atom. The molecule has 0 fully saturated rings. The maximum absolute atomic E-state index is 9.28. The van der Waals surface area contributed by atoms with Crippen molar-refractivity contribution in [2.45, 2.75) is 38.9 Å². The monoisotopic (exact) mass is 162 g/mol. The fourth-order valence-corrected chi connectivity index (χ4v) is 0.788. The molecule has 0 heterocycles. The third kappa shape index (κ3) is 5.18. The van der Waals surface area contributed by atoms with Gasteiger partial charge in [-0.2, -0.15) is 0 Å². The summed E-state index contributed by atoms with van der Waals surface area (Å²) < 4.78 is 0. The maximum atomic E-state index is 9.28. The van der Waals surface area contributed by atoms with Crippen LogP contribution in [0.2, 0.25) is 0 Å². The molecule has 0 saturated heterocycles. The second-order valence-electron chi connectivity index (χ2n) is 3.23.